The van der Waals surface area contributed by atoms with Crippen LogP contribution < -0.4 is 5.32 Å². The summed E-state index contributed by atoms with van der Waals surface area (Å²) in [6.07, 6.45) is 7.44. The van der Waals surface area contributed by atoms with Crippen LogP contribution in [0.25, 0.3) is 11.1 Å². The van der Waals surface area contributed by atoms with Crippen LogP contribution in [0.2, 0.25) is 0 Å². The van der Waals surface area contributed by atoms with E-state index in [4.69, 9.17) is 0 Å². The molecule has 32 heavy (non-hydrogen) atoms. The normalized spacial score (nSPS) is 18.2. The van der Waals surface area contributed by atoms with E-state index in [1.165, 1.54) is 0 Å². The standard InChI is InChI=1S/C25H28N6O/c1-17-8-9-21(20-14-29-30(3)16-20)22(12-17)25(32)31-11-5-6-18(2)23(31)15-28-24-19(13-26)7-4-10-27-24/h4,7-10,12,14,16,18,23H,5-6,11,15H2,1-3H3,(H,27,28)/t18-,23?/m1/s1. The summed E-state index contributed by atoms with van der Waals surface area (Å²) in [5, 5.41) is 17.0. The van der Waals surface area contributed by atoms with Crippen molar-refractivity contribution in [2.24, 2.45) is 13.0 Å². The Labute approximate surface area is 188 Å². The number of piperidine rings is 1. The molecule has 1 saturated heterocycles. The van der Waals surface area contributed by atoms with Gasteiger partial charge in [0.25, 0.3) is 5.91 Å². The Morgan fingerprint density at radius 3 is 2.94 bits per heavy atom. The smallest absolute Gasteiger partial charge is 0.254 e. The number of nitrogens with zero attached hydrogens (tertiary/aromatic N) is 5. The molecule has 0 aliphatic carbocycles. The van der Waals surface area contributed by atoms with Crippen molar-refractivity contribution in [1.29, 1.82) is 5.26 Å². The lowest BCUT2D eigenvalue weighted by Gasteiger charge is -2.40. The monoisotopic (exact) mass is 428 g/mol. The molecule has 1 N–H and O–H groups in total. The molecule has 3 aromatic rings. The van der Waals surface area contributed by atoms with Crippen LogP contribution in [0.1, 0.15) is 41.3 Å². The zero-order valence-electron chi connectivity index (χ0n) is 18.7. The van der Waals surface area contributed by atoms with E-state index in [0.717, 1.165) is 29.5 Å². The van der Waals surface area contributed by atoms with Crippen LogP contribution in [0.4, 0.5) is 5.82 Å². The number of benzene rings is 1. The second-order valence-electron chi connectivity index (χ2n) is 8.53. The molecule has 0 saturated carbocycles. The number of carbonyl (C=O) groups excluding carboxylic acids is 1. The van der Waals surface area contributed by atoms with Gasteiger partial charge in [-0.3, -0.25) is 9.48 Å². The minimum absolute atomic E-state index is 0.00654. The number of likely N-dealkylation sites (tertiary alicyclic amines) is 1. The fourth-order valence-electron chi connectivity index (χ4n) is 4.45. The molecule has 2 atom stereocenters. The molecule has 2 aromatic heterocycles. The van der Waals surface area contributed by atoms with Gasteiger partial charge >= 0.3 is 0 Å². The van der Waals surface area contributed by atoms with E-state index in [0.29, 0.717) is 36.0 Å². The Kier molecular flexibility index (Phi) is 6.22. The Balaban J connectivity index is 1.63. The molecule has 1 fully saturated rings. The van der Waals surface area contributed by atoms with Gasteiger partial charge in [0, 0.05) is 43.7 Å². The lowest BCUT2D eigenvalue weighted by molar-refractivity contribution is 0.0540. The van der Waals surface area contributed by atoms with E-state index in [2.05, 4.69) is 28.4 Å². The molecule has 1 amide bonds. The molecule has 1 aromatic carbocycles. The van der Waals surface area contributed by atoms with Crippen molar-refractivity contribution in [3.8, 4) is 17.2 Å². The highest BCUT2D eigenvalue weighted by Gasteiger charge is 2.33. The van der Waals surface area contributed by atoms with E-state index in [1.807, 2.05) is 43.3 Å². The van der Waals surface area contributed by atoms with Gasteiger partial charge in [0.05, 0.1) is 17.8 Å². The Morgan fingerprint density at radius 2 is 2.19 bits per heavy atom. The first kappa shape index (κ1) is 21.6. The second-order valence-corrected chi connectivity index (χ2v) is 8.53. The predicted octanol–water partition coefficient (Wildman–Crippen LogP) is 4.02. The highest BCUT2D eigenvalue weighted by Crippen LogP contribution is 2.30. The number of hydrogen-bond donors (Lipinski definition) is 1. The Hall–Kier alpha value is -3.66. The van der Waals surface area contributed by atoms with Crippen LogP contribution in [0.15, 0.2) is 48.9 Å². The summed E-state index contributed by atoms with van der Waals surface area (Å²) in [5.41, 5.74) is 4.09. The first-order valence-corrected chi connectivity index (χ1v) is 11.0. The fraction of sp³-hybridized carbons (Fsp3) is 0.360. The third kappa shape index (κ3) is 4.35. The maximum absolute atomic E-state index is 13.8. The van der Waals surface area contributed by atoms with E-state index in [1.54, 1.807) is 29.2 Å². The van der Waals surface area contributed by atoms with Crippen LogP contribution >= 0.6 is 0 Å². The molecular formula is C25H28N6O. The first-order chi connectivity index (χ1) is 15.5. The summed E-state index contributed by atoms with van der Waals surface area (Å²) < 4.78 is 1.75. The highest BCUT2D eigenvalue weighted by molar-refractivity contribution is 6.01. The van der Waals surface area contributed by atoms with Gasteiger partial charge in [-0.25, -0.2) is 4.98 Å². The Bertz CT molecular complexity index is 1160. The van der Waals surface area contributed by atoms with Crippen molar-refractivity contribution in [2.75, 3.05) is 18.4 Å². The van der Waals surface area contributed by atoms with Gasteiger partial charge in [0.1, 0.15) is 11.9 Å². The zero-order chi connectivity index (χ0) is 22.7. The molecule has 1 aliphatic heterocycles. The van der Waals surface area contributed by atoms with Gasteiger partial charge in [0.15, 0.2) is 0 Å². The topological polar surface area (TPSA) is 86.8 Å². The predicted molar refractivity (Wildman–Crippen MR) is 124 cm³/mol. The first-order valence-electron chi connectivity index (χ1n) is 11.0. The SMILES string of the molecule is Cc1ccc(-c2cnn(C)c2)c(C(=O)N2CCC[C@@H](C)C2CNc2ncccc2C#N)c1. The van der Waals surface area contributed by atoms with Crippen molar-refractivity contribution in [2.45, 2.75) is 32.7 Å². The number of hydrogen-bond acceptors (Lipinski definition) is 5. The van der Waals surface area contributed by atoms with Gasteiger partial charge < -0.3 is 10.2 Å². The molecule has 7 nitrogen and oxygen atoms in total. The van der Waals surface area contributed by atoms with Crippen LogP contribution in [-0.2, 0) is 7.05 Å². The van der Waals surface area contributed by atoms with Crippen molar-refractivity contribution >= 4 is 11.7 Å². The second kappa shape index (κ2) is 9.23. The van der Waals surface area contributed by atoms with E-state index < -0.39 is 0 Å². The summed E-state index contributed by atoms with van der Waals surface area (Å²) in [5.74, 6) is 0.931. The maximum Gasteiger partial charge on any atom is 0.254 e. The lowest BCUT2D eigenvalue weighted by atomic mass is 9.89. The molecule has 3 heterocycles. The molecular weight excluding hydrogens is 400 g/mol. The van der Waals surface area contributed by atoms with Crippen LogP contribution in [-0.4, -0.2) is 44.7 Å². The van der Waals surface area contributed by atoms with Crippen LogP contribution in [0.5, 0.6) is 0 Å². The molecule has 1 aliphatic rings. The van der Waals surface area contributed by atoms with Crippen LogP contribution in [0, 0.1) is 24.2 Å². The third-order valence-corrected chi connectivity index (χ3v) is 6.20. The average Bonchev–Trinajstić information content (AvgIpc) is 3.23. The number of amides is 1. The molecule has 164 valence electrons. The summed E-state index contributed by atoms with van der Waals surface area (Å²) in [7, 11) is 1.88. The maximum atomic E-state index is 13.8. The van der Waals surface area contributed by atoms with Gasteiger partial charge in [0.2, 0.25) is 0 Å². The van der Waals surface area contributed by atoms with Crippen molar-refractivity contribution in [1.82, 2.24) is 19.7 Å². The zero-order valence-corrected chi connectivity index (χ0v) is 18.7. The molecule has 0 spiro atoms. The molecule has 0 radical (unpaired) electrons. The summed E-state index contributed by atoms with van der Waals surface area (Å²) in [6.45, 7) is 5.45. The van der Waals surface area contributed by atoms with E-state index in [-0.39, 0.29) is 11.9 Å². The number of aryl methyl sites for hydroxylation is 2. The number of nitriles is 1. The van der Waals surface area contributed by atoms with Crippen molar-refractivity contribution in [3.05, 3.63) is 65.6 Å². The number of carbonyl (C=O) groups is 1. The quantitative estimate of drug-likeness (QED) is 0.663. The third-order valence-electron chi connectivity index (χ3n) is 6.20. The van der Waals surface area contributed by atoms with E-state index >= 15 is 0 Å². The fourth-order valence-corrected chi connectivity index (χ4v) is 4.45. The van der Waals surface area contributed by atoms with E-state index in [9.17, 15) is 10.1 Å². The molecule has 0 bridgehead atoms. The number of pyridine rings is 1. The highest BCUT2D eigenvalue weighted by atomic mass is 16.2. The van der Waals surface area contributed by atoms with Gasteiger partial charge in [-0.05, 0) is 49.4 Å². The van der Waals surface area contributed by atoms with Crippen molar-refractivity contribution < 1.29 is 4.79 Å². The van der Waals surface area contributed by atoms with Gasteiger partial charge in [-0.2, -0.15) is 10.4 Å². The summed E-state index contributed by atoms with van der Waals surface area (Å²) >= 11 is 0. The minimum atomic E-state index is 0.00654. The largest absolute Gasteiger partial charge is 0.367 e. The molecule has 1 unspecified atom stereocenters. The summed E-state index contributed by atoms with van der Waals surface area (Å²) in [6, 6.07) is 11.7. The summed E-state index contributed by atoms with van der Waals surface area (Å²) in [4.78, 5) is 20.1. The molecule has 4 rings (SSSR count). The number of nitrogens with one attached hydrogen (secondary N) is 1. The van der Waals surface area contributed by atoms with Crippen molar-refractivity contribution in [3.63, 3.8) is 0 Å². The minimum Gasteiger partial charge on any atom is -0.367 e. The molecule has 7 heteroatoms. The lowest BCUT2D eigenvalue weighted by Crippen LogP contribution is -2.51. The number of anilines is 1. The number of aromatic nitrogens is 3. The Morgan fingerprint density at radius 1 is 1.34 bits per heavy atom. The van der Waals surface area contributed by atoms with Gasteiger partial charge in [-0.15, -0.1) is 0 Å². The van der Waals surface area contributed by atoms with Gasteiger partial charge in [-0.1, -0.05) is 24.6 Å². The number of rotatable bonds is 5. The average molecular weight is 429 g/mol. The van der Waals surface area contributed by atoms with Crippen LogP contribution in [0.3, 0.4) is 0 Å².